The van der Waals surface area contributed by atoms with Gasteiger partial charge in [-0.3, -0.25) is 0 Å². The molecule has 0 saturated carbocycles. The van der Waals surface area contributed by atoms with Gasteiger partial charge in [0.15, 0.2) is 0 Å². The van der Waals surface area contributed by atoms with Crippen LogP contribution in [0, 0.1) is 6.92 Å². The number of hydrogen-bond donors (Lipinski definition) is 0. The molecule has 0 saturated heterocycles. The maximum Gasteiger partial charge on any atom is 0.346 e. The standard InChI is InChI=1S/C21H19Cl3N2O2S/c1-12-18(29-15-8-5-13(22)6-9-15)19(26(25-12)21(2,3)4)28-20(27)16-10-7-14(23)11-17(16)24/h5-11H,1-4H3. The summed E-state index contributed by atoms with van der Waals surface area (Å²) in [7, 11) is 0. The van der Waals surface area contributed by atoms with Gasteiger partial charge in [-0.1, -0.05) is 46.6 Å². The average Bonchev–Trinajstić information content (AvgIpc) is 2.93. The lowest BCUT2D eigenvalue weighted by atomic mass is 10.1. The molecule has 3 aromatic rings. The monoisotopic (exact) mass is 468 g/mol. The summed E-state index contributed by atoms with van der Waals surface area (Å²) in [4.78, 5) is 14.6. The molecule has 0 aliphatic rings. The summed E-state index contributed by atoms with van der Waals surface area (Å²) >= 11 is 19.6. The molecule has 1 heterocycles. The van der Waals surface area contributed by atoms with Gasteiger partial charge in [-0.25, -0.2) is 9.48 Å². The largest absolute Gasteiger partial charge is 0.403 e. The van der Waals surface area contributed by atoms with Crippen LogP contribution in [0.15, 0.2) is 52.3 Å². The van der Waals surface area contributed by atoms with E-state index in [0.717, 1.165) is 15.5 Å². The number of esters is 1. The molecule has 0 aliphatic heterocycles. The summed E-state index contributed by atoms with van der Waals surface area (Å²) in [5.41, 5.74) is 0.589. The van der Waals surface area contributed by atoms with Gasteiger partial charge in [-0.2, -0.15) is 5.10 Å². The van der Waals surface area contributed by atoms with E-state index in [4.69, 9.17) is 39.5 Å². The highest BCUT2D eigenvalue weighted by atomic mass is 35.5. The van der Waals surface area contributed by atoms with Gasteiger partial charge >= 0.3 is 5.97 Å². The van der Waals surface area contributed by atoms with Crippen LogP contribution in [0.1, 0.15) is 36.8 Å². The second kappa shape index (κ2) is 8.60. The highest BCUT2D eigenvalue weighted by Gasteiger charge is 2.28. The summed E-state index contributed by atoms with van der Waals surface area (Å²) < 4.78 is 7.52. The summed E-state index contributed by atoms with van der Waals surface area (Å²) in [5.74, 6) is -0.207. The van der Waals surface area contributed by atoms with Crippen molar-refractivity contribution in [2.24, 2.45) is 0 Å². The van der Waals surface area contributed by atoms with Crippen LogP contribution in [-0.4, -0.2) is 15.7 Å². The lowest BCUT2D eigenvalue weighted by Gasteiger charge is -2.22. The van der Waals surface area contributed by atoms with Crippen molar-refractivity contribution >= 4 is 52.5 Å². The summed E-state index contributed by atoms with van der Waals surface area (Å²) in [6, 6.07) is 12.1. The Morgan fingerprint density at radius 3 is 2.24 bits per heavy atom. The number of nitrogens with zero attached hydrogens (tertiary/aromatic N) is 2. The number of aryl methyl sites for hydroxylation is 1. The Morgan fingerprint density at radius 1 is 1.03 bits per heavy atom. The van der Waals surface area contributed by atoms with Crippen molar-refractivity contribution in [2.75, 3.05) is 0 Å². The average molecular weight is 470 g/mol. The maximum absolute atomic E-state index is 12.9. The van der Waals surface area contributed by atoms with Crippen LogP contribution < -0.4 is 4.74 Å². The molecule has 2 aromatic carbocycles. The minimum Gasteiger partial charge on any atom is -0.403 e. The minimum atomic E-state index is -0.574. The second-order valence-electron chi connectivity index (χ2n) is 7.37. The van der Waals surface area contributed by atoms with Crippen molar-refractivity contribution in [3.8, 4) is 5.88 Å². The van der Waals surface area contributed by atoms with Crippen molar-refractivity contribution < 1.29 is 9.53 Å². The number of rotatable bonds is 4. The van der Waals surface area contributed by atoms with Crippen LogP contribution in [0.4, 0.5) is 0 Å². The van der Waals surface area contributed by atoms with Gasteiger partial charge < -0.3 is 4.74 Å². The Morgan fingerprint density at radius 2 is 1.66 bits per heavy atom. The van der Waals surface area contributed by atoms with Crippen molar-refractivity contribution in [3.05, 3.63) is 68.8 Å². The Labute approximate surface area is 189 Å². The highest BCUT2D eigenvalue weighted by Crippen LogP contribution is 2.40. The summed E-state index contributed by atoms with van der Waals surface area (Å²) in [5, 5.41) is 5.95. The van der Waals surface area contributed by atoms with Crippen LogP contribution in [-0.2, 0) is 5.54 Å². The number of benzene rings is 2. The number of halogens is 3. The fraction of sp³-hybridized carbons (Fsp3) is 0.238. The van der Waals surface area contributed by atoms with Gasteiger partial charge in [-0.15, -0.1) is 0 Å². The number of hydrogen-bond acceptors (Lipinski definition) is 4. The van der Waals surface area contributed by atoms with Gasteiger partial charge in [0.05, 0.1) is 26.7 Å². The first-order valence-electron chi connectivity index (χ1n) is 8.77. The molecule has 0 aliphatic carbocycles. The van der Waals surface area contributed by atoms with E-state index in [1.165, 1.54) is 17.8 Å². The molecule has 29 heavy (non-hydrogen) atoms. The predicted molar refractivity (Wildman–Crippen MR) is 119 cm³/mol. The Hall–Kier alpha value is -1.66. The van der Waals surface area contributed by atoms with Gasteiger partial charge in [0.25, 0.3) is 0 Å². The van der Waals surface area contributed by atoms with E-state index < -0.39 is 11.5 Å². The van der Waals surface area contributed by atoms with Crippen molar-refractivity contribution in [1.82, 2.24) is 9.78 Å². The van der Waals surface area contributed by atoms with Crippen LogP contribution in [0.2, 0.25) is 15.1 Å². The molecule has 0 unspecified atom stereocenters. The zero-order chi connectivity index (χ0) is 21.3. The van der Waals surface area contributed by atoms with Crippen molar-refractivity contribution in [3.63, 3.8) is 0 Å². The van der Waals surface area contributed by atoms with Gasteiger partial charge in [0.2, 0.25) is 5.88 Å². The molecule has 0 fully saturated rings. The van der Waals surface area contributed by atoms with Crippen LogP contribution in [0.3, 0.4) is 0 Å². The number of carbonyl (C=O) groups is 1. The maximum atomic E-state index is 12.9. The highest BCUT2D eigenvalue weighted by molar-refractivity contribution is 7.99. The molecular formula is C21H19Cl3N2O2S. The Balaban J connectivity index is 2.02. The topological polar surface area (TPSA) is 44.1 Å². The summed E-state index contributed by atoms with van der Waals surface area (Å²) in [6.07, 6.45) is 0. The third-order valence-electron chi connectivity index (χ3n) is 3.97. The lowest BCUT2D eigenvalue weighted by molar-refractivity contribution is 0.0704. The molecule has 0 N–H and O–H groups in total. The Kier molecular flexibility index (Phi) is 6.54. The van der Waals surface area contributed by atoms with E-state index in [2.05, 4.69) is 5.10 Å². The van der Waals surface area contributed by atoms with E-state index in [0.29, 0.717) is 15.9 Å². The number of ether oxygens (including phenoxy) is 1. The van der Waals surface area contributed by atoms with E-state index >= 15 is 0 Å². The van der Waals surface area contributed by atoms with Crippen LogP contribution >= 0.6 is 46.6 Å². The van der Waals surface area contributed by atoms with Gasteiger partial charge in [-0.05, 0) is 70.2 Å². The zero-order valence-corrected chi connectivity index (χ0v) is 19.4. The van der Waals surface area contributed by atoms with Crippen LogP contribution in [0.25, 0.3) is 0 Å². The van der Waals surface area contributed by atoms with Gasteiger partial charge in [0, 0.05) is 14.9 Å². The molecule has 0 amide bonds. The van der Waals surface area contributed by atoms with Gasteiger partial charge in [0.1, 0.15) is 0 Å². The minimum absolute atomic E-state index is 0.230. The van der Waals surface area contributed by atoms with E-state index in [-0.39, 0.29) is 10.6 Å². The van der Waals surface area contributed by atoms with E-state index in [1.807, 2.05) is 52.0 Å². The smallest absolute Gasteiger partial charge is 0.346 e. The molecule has 0 atom stereocenters. The molecule has 0 bridgehead atoms. The number of aromatic nitrogens is 2. The molecule has 1 aromatic heterocycles. The molecule has 0 radical (unpaired) electrons. The predicted octanol–water partition coefficient (Wildman–Crippen LogP) is 7.28. The molecular weight excluding hydrogens is 451 g/mol. The molecule has 3 rings (SSSR count). The molecule has 0 spiro atoms. The third kappa shape index (κ3) is 5.10. The quantitative estimate of drug-likeness (QED) is 0.377. The van der Waals surface area contributed by atoms with Crippen molar-refractivity contribution in [2.45, 2.75) is 43.0 Å². The van der Waals surface area contributed by atoms with Crippen molar-refractivity contribution in [1.29, 1.82) is 0 Å². The number of carbonyl (C=O) groups excluding carboxylic acids is 1. The molecule has 4 nitrogen and oxygen atoms in total. The summed E-state index contributed by atoms with van der Waals surface area (Å²) in [6.45, 7) is 7.85. The molecule has 8 heteroatoms. The zero-order valence-electron chi connectivity index (χ0n) is 16.3. The van der Waals surface area contributed by atoms with E-state index in [1.54, 1.807) is 16.8 Å². The SMILES string of the molecule is Cc1nn(C(C)(C)C)c(OC(=O)c2ccc(Cl)cc2Cl)c1Sc1ccc(Cl)cc1. The normalized spacial score (nSPS) is 11.6. The first-order valence-corrected chi connectivity index (χ1v) is 10.7. The third-order valence-corrected chi connectivity index (χ3v) is 5.96. The van der Waals surface area contributed by atoms with Crippen LogP contribution in [0.5, 0.6) is 5.88 Å². The lowest BCUT2D eigenvalue weighted by Crippen LogP contribution is -2.25. The second-order valence-corrected chi connectivity index (χ2v) is 9.74. The Bertz CT molecular complexity index is 1060. The first-order chi connectivity index (χ1) is 13.6. The first kappa shape index (κ1) is 22.0. The molecule has 152 valence electrons. The fourth-order valence-corrected chi connectivity index (χ4v) is 4.10. The fourth-order valence-electron chi connectivity index (χ4n) is 2.57. The van der Waals surface area contributed by atoms with E-state index in [9.17, 15) is 4.79 Å².